The summed E-state index contributed by atoms with van der Waals surface area (Å²) in [6.45, 7) is 6.89. The average Bonchev–Trinajstić information content (AvgIpc) is 2.87. The molecule has 3 rings (SSSR count). The van der Waals surface area contributed by atoms with Gasteiger partial charge in [-0.2, -0.15) is 0 Å². The number of nitrogens with two attached hydrogens (primary N) is 1. The van der Waals surface area contributed by atoms with Gasteiger partial charge in [0, 0.05) is 25.2 Å². The number of piperidine rings is 1. The molecule has 1 aromatic carbocycles. The van der Waals surface area contributed by atoms with Crippen molar-refractivity contribution in [3.8, 4) is 11.5 Å². The number of benzene rings is 1. The van der Waals surface area contributed by atoms with Crippen molar-refractivity contribution in [2.75, 3.05) is 13.3 Å². The van der Waals surface area contributed by atoms with E-state index < -0.39 is 0 Å². The minimum atomic E-state index is 0.336. The van der Waals surface area contributed by atoms with E-state index in [1.54, 1.807) is 0 Å². The van der Waals surface area contributed by atoms with Gasteiger partial charge in [-0.15, -0.1) is 0 Å². The molecule has 0 aliphatic carbocycles. The van der Waals surface area contributed by atoms with Crippen molar-refractivity contribution in [1.82, 2.24) is 4.90 Å². The van der Waals surface area contributed by atoms with Gasteiger partial charge >= 0.3 is 0 Å². The van der Waals surface area contributed by atoms with Crippen molar-refractivity contribution in [1.29, 1.82) is 0 Å². The van der Waals surface area contributed by atoms with E-state index in [1.165, 1.54) is 5.56 Å². The largest absolute Gasteiger partial charge is 0.454 e. The van der Waals surface area contributed by atoms with Crippen molar-refractivity contribution in [3.63, 3.8) is 0 Å². The fourth-order valence-electron chi connectivity index (χ4n) is 2.97. The Hall–Kier alpha value is -1.26. The van der Waals surface area contributed by atoms with Crippen molar-refractivity contribution < 1.29 is 9.47 Å². The van der Waals surface area contributed by atoms with Crippen LogP contribution in [0.1, 0.15) is 25.8 Å². The molecule has 2 aliphatic heterocycles. The maximum Gasteiger partial charge on any atom is 0.231 e. The zero-order chi connectivity index (χ0) is 13.4. The molecule has 19 heavy (non-hydrogen) atoms. The molecule has 1 aromatic rings. The van der Waals surface area contributed by atoms with Crippen LogP contribution in [0, 0.1) is 5.92 Å². The van der Waals surface area contributed by atoms with E-state index >= 15 is 0 Å². The first-order chi connectivity index (χ1) is 9.15. The summed E-state index contributed by atoms with van der Waals surface area (Å²) in [4.78, 5) is 2.51. The molecule has 3 atom stereocenters. The monoisotopic (exact) mass is 262 g/mol. The Bertz CT molecular complexity index is 463. The van der Waals surface area contributed by atoms with Crippen LogP contribution < -0.4 is 15.2 Å². The standard InChI is InChI=1S/C15H22N2O2/c1-10-11(2)17(6-5-13(10)16)8-12-3-4-14-15(7-12)19-9-18-14/h3-4,7,10-11,13H,5-6,8-9,16H2,1-2H3. The molecule has 0 amide bonds. The van der Waals surface area contributed by atoms with Gasteiger partial charge in [-0.3, -0.25) is 4.90 Å². The highest BCUT2D eigenvalue weighted by molar-refractivity contribution is 5.44. The van der Waals surface area contributed by atoms with Crippen LogP contribution in [0.5, 0.6) is 11.5 Å². The van der Waals surface area contributed by atoms with Crippen LogP contribution in [0.25, 0.3) is 0 Å². The summed E-state index contributed by atoms with van der Waals surface area (Å²) in [7, 11) is 0. The van der Waals surface area contributed by atoms with E-state index in [4.69, 9.17) is 15.2 Å². The normalized spacial score (nSPS) is 30.6. The van der Waals surface area contributed by atoms with Gasteiger partial charge in [0.15, 0.2) is 11.5 Å². The molecule has 0 spiro atoms. The maximum absolute atomic E-state index is 6.13. The number of likely N-dealkylation sites (tertiary alicyclic amines) is 1. The number of ether oxygens (including phenoxy) is 2. The zero-order valence-corrected chi connectivity index (χ0v) is 11.6. The minimum absolute atomic E-state index is 0.336. The molecular weight excluding hydrogens is 240 g/mol. The van der Waals surface area contributed by atoms with Crippen molar-refractivity contribution in [3.05, 3.63) is 23.8 Å². The van der Waals surface area contributed by atoms with E-state index in [9.17, 15) is 0 Å². The lowest BCUT2D eigenvalue weighted by molar-refractivity contribution is 0.0909. The number of fused-ring (bicyclic) bond motifs is 1. The summed E-state index contributed by atoms with van der Waals surface area (Å²) in [6.07, 6.45) is 1.08. The molecule has 0 radical (unpaired) electrons. The minimum Gasteiger partial charge on any atom is -0.454 e. The van der Waals surface area contributed by atoms with E-state index in [0.717, 1.165) is 31.0 Å². The fraction of sp³-hybridized carbons (Fsp3) is 0.600. The summed E-state index contributed by atoms with van der Waals surface area (Å²) < 4.78 is 10.8. The number of hydrogen-bond donors (Lipinski definition) is 1. The Labute approximate surface area is 114 Å². The molecular formula is C15H22N2O2. The summed E-state index contributed by atoms with van der Waals surface area (Å²) >= 11 is 0. The molecule has 0 saturated carbocycles. The highest BCUT2D eigenvalue weighted by Gasteiger charge is 2.30. The van der Waals surface area contributed by atoms with Crippen LogP contribution in [-0.2, 0) is 6.54 Å². The molecule has 2 aliphatic rings. The van der Waals surface area contributed by atoms with Gasteiger partial charge in [-0.25, -0.2) is 0 Å². The molecule has 2 heterocycles. The van der Waals surface area contributed by atoms with Gasteiger partial charge in [0.05, 0.1) is 0 Å². The third kappa shape index (κ3) is 2.42. The van der Waals surface area contributed by atoms with Crippen LogP contribution >= 0.6 is 0 Å². The Morgan fingerprint density at radius 1 is 1.26 bits per heavy atom. The smallest absolute Gasteiger partial charge is 0.231 e. The predicted octanol–water partition coefficient (Wildman–Crippen LogP) is 1.97. The number of nitrogens with zero attached hydrogens (tertiary/aromatic N) is 1. The lowest BCUT2D eigenvalue weighted by Gasteiger charge is -2.41. The molecule has 3 unspecified atom stereocenters. The first kappa shape index (κ1) is 12.8. The molecule has 1 fully saturated rings. The molecule has 0 aromatic heterocycles. The number of hydrogen-bond acceptors (Lipinski definition) is 4. The van der Waals surface area contributed by atoms with E-state index in [1.807, 2.05) is 6.07 Å². The molecule has 1 saturated heterocycles. The summed E-state index contributed by atoms with van der Waals surface area (Å²) in [6, 6.07) is 7.08. The maximum atomic E-state index is 6.13. The molecule has 104 valence electrons. The first-order valence-corrected chi connectivity index (χ1v) is 7.03. The summed E-state index contributed by atoms with van der Waals surface area (Å²) in [5, 5.41) is 0. The van der Waals surface area contributed by atoms with Gasteiger partial charge in [0.25, 0.3) is 0 Å². The first-order valence-electron chi connectivity index (χ1n) is 7.03. The van der Waals surface area contributed by atoms with Crippen molar-refractivity contribution in [2.45, 2.75) is 38.9 Å². The van der Waals surface area contributed by atoms with Gasteiger partial charge in [-0.1, -0.05) is 13.0 Å². The van der Waals surface area contributed by atoms with E-state index in [-0.39, 0.29) is 0 Å². The highest BCUT2D eigenvalue weighted by Crippen LogP contribution is 2.33. The fourth-order valence-corrected chi connectivity index (χ4v) is 2.97. The lowest BCUT2D eigenvalue weighted by atomic mass is 9.87. The Kier molecular flexibility index (Phi) is 3.37. The van der Waals surface area contributed by atoms with Crippen molar-refractivity contribution in [2.24, 2.45) is 11.7 Å². The Morgan fingerprint density at radius 2 is 2.05 bits per heavy atom. The second-order valence-electron chi connectivity index (χ2n) is 5.71. The quantitative estimate of drug-likeness (QED) is 0.885. The van der Waals surface area contributed by atoms with Crippen LogP contribution in [0.3, 0.4) is 0 Å². The number of rotatable bonds is 2. The third-order valence-corrected chi connectivity index (χ3v) is 4.58. The predicted molar refractivity (Wildman–Crippen MR) is 74.2 cm³/mol. The van der Waals surface area contributed by atoms with Gasteiger partial charge in [0.1, 0.15) is 0 Å². The van der Waals surface area contributed by atoms with Crippen molar-refractivity contribution >= 4 is 0 Å². The lowest BCUT2D eigenvalue weighted by Crippen LogP contribution is -2.51. The molecule has 4 heteroatoms. The third-order valence-electron chi connectivity index (χ3n) is 4.58. The zero-order valence-electron chi connectivity index (χ0n) is 11.6. The molecule has 0 bridgehead atoms. The Morgan fingerprint density at radius 3 is 2.89 bits per heavy atom. The van der Waals surface area contributed by atoms with Crippen LogP contribution in [-0.4, -0.2) is 30.3 Å². The Balaban J connectivity index is 1.71. The SMILES string of the molecule is CC1C(N)CCN(Cc2ccc3c(c2)OCO3)C1C. The summed E-state index contributed by atoms with van der Waals surface area (Å²) in [5.41, 5.74) is 7.41. The van der Waals surface area contributed by atoms with E-state index in [2.05, 4.69) is 30.9 Å². The van der Waals surface area contributed by atoms with Crippen LogP contribution in [0.15, 0.2) is 18.2 Å². The van der Waals surface area contributed by atoms with Gasteiger partial charge in [0.2, 0.25) is 6.79 Å². The molecule has 4 nitrogen and oxygen atoms in total. The van der Waals surface area contributed by atoms with Crippen LogP contribution in [0.4, 0.5) is 0 Å². The second kappa shape index (κ2) is 5.02. The summed E-state index contributed by atoms with van der Waals surface area (Å²) in [5.74, 6) is 2.26. The topological polar surface area (TPSA) is 47.7 Å². The second-order valence-corrected chi connectivity index (χ2v) is 5.71. The average molecular weight is 262 g/mol. The van der Waals surface area contributed by atoms with Gasteiger partial charge in [-0.05, 0) is 37.0 Å². The van der Waals surface area contributed by atoms with Crippen LogP contribution in [0.2, 0.25) is 0 Å². The molecule has 2 N–H and O–H groups in total. The van der Waals surface area contributed by atoms with E-state index in [0.29, 0.717) is 24.8 Å². The highest BCUT2D eigenvalue weighted by atomic mass is 16.7. The van der Waals surface area contributed by atoms with Gasteiger partial charge < -0.3 is 15.2 Å².